The highest BCUT2D eigenvalue weighted by atomic mass is 32.2. The van der Waals surface area contributed by atoms with Gasteiger partial charge in [0.1, 0.15) is 22.3 Å². The second kappa shape index (κ2) is 28.6. The number of nitrogens with zero attached hydrogens (tertiary/aromatic N) is 2. The van der Waals surface area contributed by atoms with Gasteiger partial charge in [0.15, 0.2) is 0 Å². The lowest BCUT2D eigenvalue weighted by Crippen LogP contribution is -2.73. The molecule has 0 N–H and O–H groups in total. The molecule has 6 nitrogen and oxygen atoms in total. The molecule has 0 unspecified atom stereocenters. The Morgan fingerprint density at radius 2 is 0.513 bits per heavy atom. The molecule has 23 rings (SSSR count). The fourth-order valence-corrected chi connectivity index (χ4v) is 19.4. The van der Waals surface area contributed by atoms with Crippen LogP contribution in [0.5, 0.6) is 0 Å². The number of hydrogen-bond donors (Lipinski definition) is 0. The molecule has 0 spiro atoms. The monoisotopic (exact) mass is 1480 g/mol. The lowest BCUT2D eigenvalue weighted by atomic mass is 9.24. The summed E-state index contributed by atoms with van der Waals surface area (Å²) in [5, 5.41) is 4.45. The third-order valence-electron chi connectivity index (χ3n) is 23.4. The van der Waals surface area contributed by atoms with E-state index in [2.05, 4.69) is 422 Å². The molecule has 0 amide bonds. The van der Waals surface area contributed by atoms with Crippen LogP contribution in [-0.2, 0) is 0 Å². The second-order valence-corrected chi connectivity index (χ2v) is 31.0. The van der Waals surface area contributed by atoms with Crippen molar-refractivity contribution in [2.24, 2.45) is 0 Å². The molecule has 0 radical (unpaired) electrons. The Bertz CT molecular complexity index is 6940. The van der Waals surface area contributed by atoms with Crippen LogP contribution >= 0.6 is 11.8 Å². The van der Waals surface area contributed by atoms with Gasteiger partial charge in [0.05, 0.1) is 34.0 Å². The number of anilines is 6. The first-order chi connectivity index (χ1) is 57.1. The van der Waals surface area contributed by atoms with Crippen LogP contribution in [0, 0.1) is 0 Å². The maximum absolute atomic E-state index is 7.09. The SMILES string of the molecule is c1ccc(-c2ccc(B3c4oc5ccccc5c4B(c4ccc(N5c6ccccc6Sc6ccccc65)cc4)c4oc5ccccc5c43)cc2-c2ccccc2)cc1.c1ccc(-c2ccccc2-c2ccc(B3c4oc5ccccc5c4B(c4ccc(N(c5ccccc5)c5ccccc5)cc4)c4oc5ccccc5c43)cc2)cc1. The molecule has 7 heterocycles. The zero-order chi connectivity index (χ0) is 75.9. The zero-order valence-electron chi connectivity index (χ0n) is 62.5. The summed E-state index contributed by atoms with van der Waals surface area (Å²) < 4.78 is 28.2. The molecule has 20 aromatic rings. The number of furan rings is 4. The standard InChI is InChI=1S/C52H33B2NO2S.C52H35B2NO2/c1-3-15-34(16-4-1)39-32-29-37(33-42(39)35-17-5-2-6-18-35)54-50-41-20-8-12-24-46(41)56-51(50)53(49-40-19-7-11-23-45(40)57-52(49)54)36-27-30-38(31-28-36)55-43-21-9-13-25-47(43)58-48-26-14-10-22-44(48)55;1-4-16-36(17-5-1)43-22-10-11-23-44(43)37-28-30-38(31-29-37)53-49-45-24-12-14-26-47(45)57-52(49)54(50-46-25-13-15-27-48(46)56-51(50)53)39-32-34-42(35-33-39)55(40-18-6-2-7-19-40)41-20-8-3-9-21-41/h1-33H;1-35H. The summed E-state index contributed by atoms with van der Waals surface area (Å²) in [4.78, 5) is 7.18. The van der Waals surface area contributed by atoms with Crippen LogP contribution < -0.4 is 76.1 Å². The quantitative estimate of drug-likeness (QED) is 0.113. The van der Waals surface area contributed by atoms with Gasteiger partial charge in [-0.1, -0.05) is 349 Å². The summed E-state index contributed by atoms with van der Waals surface area (Å²) >= 11 is 1.83. The Balaban J connectivity index is 0.000000140. The predicted octanol–water partition coefficient (Wildman–Crippen LogP) is 19.1. The molecule has 0 fully saturated rings. The highest BCUT2D eigenvalue weighted by Gasteiger charge is 2.49. The highest BCUT2D eigenvalue weighted by molar-refractivity contribution is 7.99. The van der Waals surface area contributed by atoms with Gasteiger partial charge in [0.25, 0.3) is 26.9 Å². The first-order valence-electron chi connectivity index (χ1n) is 39.4. The second-order valence-electron chi connectivity index (χ2n) is 29.9. The van der Waals surface area contributed by atoms with Crippen LogP contribution in [0.1, 0.15) is 0 Å². The van der Waals surface area contributed by atoms with Crippen LogP contribution in [0.15, 0.2) is 440 Å². The third-order valence-corrected chi connectivity index (χ3v) is 24.5. The van der Waals surface area contributed by atoms with Crippen LogP contribution in [0.25, 0.3) is 88.4 Å². The Morgan fingerprint density at radius 1 is 0.226 bits per heavy atom. The van der Waals surface area contributed by atoms with E-state index >= 15 is 0 Å². The van der Waals surface area contributed by atoms with E-state index in [1.54, 1.807) is 0 Å². The average Bonchev–Trinajstić information content (AvgIpc) is 1.55. The summed E-state index contributed by atoms with van der Waals surface area (Å²) in [5.41, 5.74) is 33.1. The van der Waals surface area contributed by atoms with E-state index in [4.69, 9.17) is 17.7 Å². The van der Waals surface area contributed by atoms with Gasteiger partial charge in [0, 0.05) is 54.1 Å². The minimum absolute atomic E-state index is 0.161. The lowest BCUT2D eigenvalue weighted by molar-refractivity contribution is 0.647. The van der Waals surface area contributed by atoms with E-state index in [0.29, 0.717) is 0 Å². The number of fused-ring (bicyclic) bond motifs is 14. The summed E-state index contributed by atoms with van der Waals surface area (Å²) in [6.45, 7) is -0.704. The van der Waals surface area contributed by atoms with Gasteiger partial charge < -0.3 is 27.5 Å². The molecule has 0 saturated carbocycles. The first-order valence-corrected chi connectivity index (χ1v) is 40.2. The maximum Gasteiger partial charge on any atom is 0.290 e. The summed E-state index contributed by atoms with van der Waals surface area (Å²) in [6.07, 6.45) is 0. The fraction of sp³-hybridized carbons (Fsp3) is 0. The van der Waals surface area contributed by atoms with Crippen molar-refractivity contribution in [3.63, 3.8) is 0 Å². The van der Waals surface area contributed by atoms with Crippen molar-refractivity contribution in [2.45, 2.75) is 9.79 Å². The average molecular weight is 1490 g/mol. The molecule has 0 atom stereocenters. The van der Waals surface area contributed by atoms with Crippen molar-refractivity contribution < 1.29 is 17.7 Å². The topological polar surface area (TPSA) is 59.0 Å². The van der Waals surface area contributed by atoms with E-state index in [-0.39, 0.29) is 26.9 Å². The van der Waals surface area contributed by atoms with E-state index in [1.165, 1.54) is 93.0 Å². The first kappa shape index (κ1) is 67.8. The molecule has 3 aliphatic rings. The minimum Gasteiger partial charge on any atom is -0.471 e. The Morgan fingerprint density at radius 3 is 0.922 bits per heavy atom. The number of hydrogen-bond acceptors (Lipinski definition) is 7. The predicted molar refractivity (Wildman–Crippen MR) is 484 cm³/mol. The van der Waals surface area contributed by atoms with E-state index in [1.807, 2.05) is 11.8 Å². The van der Waals surface area contributed by atoms with Crippen molar-refractivity contribution in [3.8, 4) is 44.5 Å². The number of benzene rings is 16. The molecular formula is C104H68B4N2O4S. The number of para-hydroxylation sites is 8. The van der Waals surface area contributed by atoms with Crippen molar-refractivity contribution in [1.82, 2.24) is 0 Å². The van der Waals surface area contributed by atoms with E-state index < -0.39 is 0 Å². The normalized spacial score (nSPS) is 12.6. The molecule has 115 heavy (non-hydrogen) atoms. The van der Waals surface area contributed by atoms with Gasteiger partial charge in [-0.15, -0.1) is 0 Å². The van der Waals surface area contributed by atoms with E-state index in [9.17, 15) is 0 Å². The van der Waals surface area contributed by atoms with E-state index in [0.717, 1.165) is 106 Å². The van der Waals surface area contributed by atoms with Crippen molar-refractivity contribution in [1.29, 1.82) is 0 Å². The van der Waals surface area contributed by atoms with Gasteiger partial charge in [-0.25, -0.2) is 0 Å². The summed E-state index contributed by atoms with van der Waals surface area (Å²) in [7, 11) is 0. The molecule has 536 valence electrons. The Labute approximate surface area is 672 Å². The molecule has 0 bridgehead atoms. The van der Waals surface area contributed by atoms with Gasteiger partial charge in [-0.05, 0) is 163 Å². The Hall–Kier alpha value is -14.1. The van der Waals surface area contributed by atoms with Gasteiger partial charge in [0.2, 0.25) is 0 Å². The van der Waals surface area contributed by atoms with Crippen molar-refractivity contribution in [3.05, 3.63) is 413 Å². The van der Waals surface area contributed by atoms with Gasteiger partial charge in [-0.2, -0.15) is 0 Å². The molecule has 0 aliphatic carbocycles. The Kier molecular flexibility index (Phi) is 16.8. The molecule has 4 aromatic heterocycles. The smallest absolute Gasteiger partial charge is 0.290 e. The summed E-state index contributed by atoms with van der Waals surface area (Å²) in [6, 6.07) is 147. The number of rotatable bonds is 12. The molecular weight excluding hydrogens is 1420 g/mol. The zero-order valence-corrected chi connectivity index (χ0v) is 63.3. The van der Waals surface area contributed by atoms with Crippen molar-refractivity contribution in [2.75, 3.05) is 9.80 Å². The lowest BCUT2D eigenvalue weighted by Gasteiger charge is -2.33. The van der Waals surface area contributed by atoms with Crippen LogP contribution in [0.2, 0.25) is 0 Å². The molecule has 16 aromatic carbocycles. The van der Waals surface area contributed by atoms with Crippen LogP contribution in [0.3, 0.4) is 0 Å². The van der Waals surface area contributed by atoms with Crippen molar-refractivity contribution >= 4 is 183 Å². The van der Waals surface area contributed by atoms with Crippen LogP contribution in [0.4, 0.5) is 34.1 Å². The van der Waals surface area contributed by atoms with Crippen LogP contribution in [-0.4, -0.2) is 26.9 Å². The molecule has 3 aliphatic heterocycles. The molecule has 11 heteroatoms. The van der Waals surface area contributed by atoms with Gasteiger partial charge >= 0.3 is 0 Å². The minimum atomic E-state index is -0.192. The molecule has 0 saturated heterocycles. The van der Waals surface area contributed by atoms with Gasteiger partial charge in [-0.3, -0.25) is 0 Å². The maximum atomic E-state index is 7.09. The summed E-state index contributed by atoms with van der Waals surface area (Å²) in [5.74, 6) is 0. The fourth-order valence-electron chi connectivity index (χ4n) is 18.3. The highest BCUT2D eigenvalue weighted by Crippen LogP contribution is 2.51. The largest absolute Gasteiger partial charge is 0.471 e. The third kappa shape index (κ3) is 11.7.